The van der Waals surface area contributed by atoms with Crippen molar-refractivity contribution in [1.82, 2.24) is 5.43 Å². The summed E-state index contributed by atoms with van der Waals surface area (Å²) in [4.78, 5) is 13.1. The predicted molar refractivity (Wildman–Crippen MR) is 90.8 cm³/mol. The number of hydrogen-bond acceptors (Lipinski definition) is 5. The van der Waals surface area contributed by atoms with Gasteiger partial charge in [0.2, 0.25) is 0 Å². The van der Waals surface area contributed by atoms with Gasteiger partial charge in [0.25, 0.3) is 5.91 Å². The summed E-state index contributed by atoms with van der Waals surface area (Å²) in [5.41, 5.74) is 3.43. The first-order valence-electron chi connectivity index (χ1n) is 7.00. The Hall–Kier alpha value is -2.34. The Morgan fingerprint density at radius 1 is 1.36 bits per heavy atom. The van der Waals surface area contributed by atoms with Gasteiger partial charge >= 0.3 is 0 Å². The van der Waals surface area contributed by atoms with Crippen molar-refractivity contribution < 1.29 is 9.53 Å². The molecule has 1 aromatic heterocycles. The molecule has 22 heavy (non-hydrogen) atoms. The number of hydrogen-bond donors (Lipinski definition) is 2. The second-order valence-corrected chi connectivity index (χ2v) is 5.56. The number of anilines is 1. The number of thiophene rings is 1. The first-order valence-corrected chi connectivity index (χ1v) is 7.88. The van der Waals surface area contributed by atoms with Crippen LogP contribution < -0.4 is 15.5 Å². The van der Waals surface area contributed by atoms with Crippen LogP contribution in [0.4, 0.5) is 5.69 Å². The number of carbonyl (C=O) groups is 1. The number of hydrazone groups is 1. The number of nitrogens with one attached hydrogen (secondary N) is 2. The van der Waals surface area contributed by atoms with Gasteiger partial charge in [-0.15, -0.1) is 11.3 Å². The molecule has 2 aromatic rings. The third-order valence-corrected chi connectivity index (χ3v) is 3.87. The first-order chi connectivity index (χ1) is 10.7. The van der Waals surface area contributed by atoms with E-state index in [4.69, 9.17) is 4.74 Å². The molecule has 2 N–H and O–H groups in total. The zero-order valence-corrected chi connectivity index (χ0v) is 13.4. The van der Waals surface area contributed by atoms with Crippen molar-refractivity contribution in [3.63, 3.8) is 0 Å². The van der Waals surface area contributed by atoms with Crippen molar-refractivity contribution in [1.29, 1.82) is 0 Å². The van der Waals surface area contributed by atoms with E-state index in [-0.39, 0.29) is 11.9 Å². The van der Waals surface area contributed by atoms with Crippen molar-refractivity contribution in [2.75, 3.05) is 12.4 Å². The van der Waals surface area contributed by atoms with Crippen molar-refractivity contribution in [3.8, 4) is 5.75 Å². The van der Waals surface area contributed by atoms with Crippen molar-refractivity contribution in [2.24, 2.45) is 5.10 Å². The monoisotopic (exact) mass is 317 g/mol. The molecule has 0 aliphatic carbocycles. The van der Waals surface area contributed by atoms with Gasteiger partial charge in [-0.25, -0.2) is 5.43 Å². The van der Waals surface area contributed by atoms with Crippen LogP contribution in [-0.4, -0.2) is 25.3 Å². The zero-order valence-electron chi connectivity index (χ0n) is 12.6. The van der Waals surface area contributed by atoms with Crippen LogP contribution in [0.1, 0.15) is 18.2 Å². The Morgan fingerprint density at radius 3 is 2.73 bits per heavy atom. The molecule has 5 nitrogen and oxygen atoms in total. The lowest BCUT2D eigenvalue weighted by Gasteiger charge is -2.16. The quantitative estimate of drug-likeness (QED) is 0.609. The van der Waals surface area contributed by atoms with Crippen LogP contribution in [0.2, 0.25) is 0 Å². The number of ether oxygens (including phenoxy) is 1. The topological polar surface area (TPSA) is 62.7 Å². The highest BCUT2D eigenvalue weighted by Crippen LogP contribution is 2.16. The minimum absolute atomic E-state index is 0.161. The van der Waals surface area contributed by atoms with E-state index in [1.165, 1.54) is 0 Å². The summed E-state index contributed by atoms with van der Waals surface area (Å²) in [5, 5.41) is 9.12. The molecular weight excluding hydrogens is 298 g/mol. The third kappa shape index (κ3) is 4.60. The van der Waals surface area contributed by atoms with Gasteiger partial charge in [0, 0.05) is 10.6 Å². The highest BCUT2D eigenvalue weighted by atomic mass is 32.1. The number of carbonyl (C=O) groups excluding carboxylic acids is 1. The van der Waals surface area contributed by atoms with E-state index in [1.54, 1.807) is 24.7 Å². The number of methoxy groups -OCH3 is 1. The van der Waals surface area contributed by atoms with Gasteiger partial charge in [-0.1, -0.05) is 13.0 Å². The molecule has 1 amide bonds. The van der Waals surface area contributed by atoms with Gasteiger partial charge in [0.05, 0.1) is 13.3 Å². The number of rotatable bonds is 7. The average molecular weight is 317 g/mol. The second-order valence-electron chi connectivity index (χ2n) is 4.58. The summed E-state index contributed by atoms with van der Waals surface area (Å²) >= 11 is 1.57. The Morgan fingerprint density at radius 2 is 2.14 bits per heavy atom. The molecule has 0 bridgehead atoms. The summed E-state index contributed by atoms with van der Waals surface area (Å²) < 4.78 is 5.11. The van der Waals surface area contributed by atoms with Crippen LogP contribution in [0.25, 0.3) is 0 Å². The molecule has 1 heterocycles. The van der Waals surface area contributed by atoms with Crippen molar-refractivity contribution >= 4 is 29.1 Å². The van der Waals surface area contributed by atoms with Gasteiger partial charge in [-0.3, -0.25) is 4.79 Å². The normalized spacial score (nSPS) is 12.1. The molecule has 116 valence electrons. The number of benzene rings is 1. The molecule has 0 saturated carbocycles. The molecular formula is C16H19N3O2S. The van der Waals surface area contributed by atoms with E-state index < -0.39 is 0 Å². The Kier molecular flexibility index (Phi) is 5.97. The van der Waals surface area contributed by atoms with Gasteiger partial charge in [0.15, 0.2) is 0 Å². The largest absolute Gasteiger partial charge is 0.497 e. The average Bonchev–Trinajstić information content (AvgIpc) is 3.06. The summed E-state index contributed by atoms with van der Waals surface area (Å²) in [7, 11) is 1.62. The summed E-state index contributed by atoms with van der Waals surface area (Å²) in [6.45, 7) is 1.95. The second kappa shape index (κ2) is 8.19. The lowest BCUT2D eigenvalue weighted by molar-refractivity contribution is -0.121. The highest BCUT2D eigenvalue weighted by Gasteiger charge is 2.15. The van der Waals surface area contributed by atoms with E-state index in [0.29, 0.717) is 6.42 Å². The highest BCUT2D eigenvalue weighted by molar-refractivity contribution is 7.11. The van der Waals surface area contributed by atoms with E-state index in [2.05, 4.69) is 15.8 Å². The first kappa shape index (κ1) is 16.0. The fraction of sp³-hybridized carbons (Fsp3) is 0.250. The van der Waals surface area contributed by atoms with Crippen LogP contribution in [0.3, 0.4) is 0 Å². The SMILES string of the molecule is CCC(Nc1ccc(OC)cc1)C(=O)NN=Cc1cccs1. The van der Waals surface area contributed by atoms with Crippen LogP contribution in [0.15, 0.2) is 46.9 Å². The fourth-order valence-corrected chi connectivity index (χ4v) is 2.43. The Labute approximate surface area is 134 Å². The summed E-state index contributed by atoms with van der Waals surface area (Å²) in [6.07, 6.45) is 2.30. The van der Waals surface area contributed by atoms with Crippen molar-refractivity contribution in [3.05, 3.63) is 46.7 Å². The molecule has 0 spiro atoms. The molecule has 0 radical (unpaired) electrons. The molecule has 1 unspecified atom stereocenters. The van der Waals surface area contributed by atoms with E-state index in [1.807, 2.05) is 48.7 Å². The molecule has 0 aliphatic rings. The number of nitrogens with zero attached hydrogens (tertiary/aromatic N) is 1. The maximum atomic E-state index is 12.1. The summed E-state index contributed by atoms with van der Waals surface area (Å²) in [5.74, 6) is 0.620. The van der Waals surface area contributed by atoms with Crippen LogP contribution in [0, 0.1) is 0 Å². The zero-order chi connectivity index (χ0) is 15.8. The minimum atomic E-state index is -0.339. The lowest BCUT2D eigenvalue weighted by Crippen LogP contribution is -2.36. The van der Waals surface area contributed by atoms with Gasteiger partial charge in [-0.05, 0) is 42.1 Å². The third-order valence-electron chi connectivity index (χ3n) is 3.07. The number of amides is 1. The van der Waals surface area contributed by atoms with E-state index in [9.17, 15) is 4.79 Å². The van der Waals surface area contributed by atoms with Crippen LogP contribution >= 0.6 is 11.3 Å². The molecule has 0 aliphatic heterocycles. The smallest absolute Gasteiger partial charge is 0.262 e. The molecule has 1 atom stereocenters. The maximum absolute atomic E-state index is 12.1. The molecule has 6 heteroatoms. The van der Waals surface area contributed by atoms with Crippen LogP contribution in [-0.2, 0) is 4.79 Å². The Balaban J connectivity index is 1.90. The van der Waals surface area contributed by atoms with Gasteiger partial charge < -0.3 is 10.1 Å². The van der Waals surface area contributed by atoms with Crippen molar-refractivity contribution in [2.45, 2.75) is 19.4 Å². The van der Waals surface area contributed by atoms with E-state index >= 15 is 0 Å². The van der Waals surface area contributed by atoms with Crippen LogP contribution in [0.5, 0.6) is 5.75 Å². The standard InChI is InChI=1S/C16H19N3O2S/c1-3-15(18-12-6-8-13(21-2)9-7-12)16(20)19-17-11-14-5-4-10-22-14/h4-11,15,18H,3H2,1-2H3,(H,19,20). The molecule has 1 aromatic carbocycles. The maximum Gasteiger partial charge on any atom is 0.262 e. The lowest BCUT2D eigenvalue weighted by atomic mass is 10.2. The fourth-order valence-electron chi connectivity index (χ4n) is 1.84. The molecule has 0 saturated heterocycles. The van der Waals surface area contributed by atoms with E-state index in [0.717, 1.165) is 16.3 Å². The van der Waals surface area contributed by atoms with Gasteiger partial charge in [0.1, 0.15) is 11.8 Å². The predicted octanol–water partition coefficient (Wildman–Crippen LogP) is 3.10. The van der Waals surface area contributed by atoms with Gasteiger partial charge in [-0.2, -0.15) is 5.10 Å². The molecule has 0 fully saturated rings. The molecule has 2 rings (SSSR count). The summed E-state index contributed by atoms with van der Waals surface area (Å²) in [6, 6.07) is 11.0. The minimum Gasteiger partial charge on any atom is -0.497 e. The Bertz CT molecular complexity index is 609.